The van der Waals surface area contributed by atoms with Crippen LogP contribution in [-0.2, 0) is 13.1 Å². The Kier molecular flexibility index (Phi) is 4.56. The Bertz CT molecular complexity index is 350. The molecule has 2 heterocycles. The van der Waals surface area contributed by atoms with Crippen LogP contribution in [0.2, 0.25) is 0 Å². The van der Waals surface area contributed by atoms with E-state index in [0.29, 0.717) is 5.92 Å². The summed E-state index contributed by atoms with van der Waals surface area (Å²) in [5, 5.41) is 5.42. The fourth-order valence-corrected chi connectivity index (χ4v) is 2.82. The van der Waals surface area contributed by atoms with Gasteiger partial charge in [0.1, 0.15) is 12.2 Å². The van der Waals surface area contributed by atoms with Gasteiger partial charge in [-0.3, -0.25) is 4.90 Å². The fraction of sp³-hybridized carbons (Fsp3) is 0.833. The Labute approximate surface area is 112 Å². The van der Waals surface area contributed by atoms with Crippen molar-refractivity contribution < 1.29 is 0 Å². The van der Waals surface area contributed by atoms with E-state index < -0.39 is 0 Å². The van der Waals surface area contributed by atoms with Crippen LogP contribution in [0.5, 0.6) is 0 Å². The van der Waals surface area contributed by atoms with E-state index >= 15 is 0 Å². The number of hydrogen-bond donors (Lipinski definition) is 0. The summed E-state index contributed by atoms with van der Waals surface area (Å²) >= 11 is 3.57. The molecule has 96 valence electrons. The SMILES string of the molecule is CC(C)Cn1ncnc1CN1CCC(CBr)C1. The molecule has 1 aromatic rings. The van der Waals surface area contributed by atoms with E-state index in [1.54, 1.807) is 6.33 Å². The lowest BCUT2D eigenvalue weighted by Crippen LogP contribution is -2.23. The van der Waals surface area contributed by atoms with Crippen molar-refractivity contribution in [2.45, 2.75) is 33.4 Å². The molecule has 1 aliphatic rings. The molecule has 1 aliphatic heterocycles. The third-order valence-electron chi connectivity index (χ3n) is 3.19. The molecule has 0 radical (unpaired) electrons. The van der Waals surface area contributed by atoms with Gasteiger partial charge in [-0.05, 0) is 24.8 Å². The smallest absolute Gasteiger partial charge is 0.141 e. The first-order chi connectivity index (χ1) is 8.19. The maximum Gasteiger partial charge on any atom is 0.141 e. The van der Waals surface area contributed by atoms with Gasteiger partial charge in [-0.15, -0.1) is 0 Å². The predicted molar refractivity (Wildman–Crippen MR) is 72.0 cm³/mol. The van der Waals surface area contributed by atoms with Gasteiger partial charge >= 0.3 is 0 Å². The molecule has 1 aromatic heterocycles. The minimum Gasteiger partial charge on any atom is -0.296 e. The molecular weight excluding hydrogens is 280 g/mol. The Morgan fingerprint density at radius 3 is 3.00 bits per heavy atom. The van der Waals surface area contributed by atoms with E-state index in [1.807, 2.05) is 4.68 Å². The Morgan fingerprint density at radius 1 is 1.53 bits per heavy atom. The molecule has 0 spiro atoms. The van der Waals surface area contributed by atoms with Crippen LogP contribution in [0.1, 0.15) is 26.1 Å². The zero-order valence-electron chi connectivity index (χ0n) is 10.6. The molecule has 0 saturated carbocycles. The van der Waals surface area contributed by atoms with Crippen molar-refractivity contribution in [3.63, 3.8) is 0 Å². The average molecular weight is 301 g/mol. The molecular formula is C12H21BrN4. The van der Waals surface area contributed by atoms with Crippen molar-refractivity contribution in [2.24, 2.45) is 11.8 Å². The number of likely N-dealkylation sites (tertiary alicyclic amines) is 1. The van der Waals surface area contributed by atoms with E-state index in [0.717, 1.165) is 30.2 Å². The van der Waals surface area contributed by atoms with Crippen LogP contribution in [0, 0.1) is 11.8 Å². The lowest BCUT2D eigenvalue weighted by Gasteiger charge is -2.16. The third kappa shape index (κ3) is 3.52. The van der Waals surface area contributed by atoms with Gasteiger partial charge in [0.2, 0.25) is 0 Å². The van der Waals surface area contributed by atoms with Gasteiger partial charge in [0.05, 0.1) is 6.54 Å². The first-order valence-electron chi connectivity index (χ1n) is 6.34. The summed E-state index contributed by atoms with van der Waals surface area (Å²) in [6.45, 7) is 8.69. The highest BCUT2D eigenvalue weighted by molar-refractivity contribution is 9.09. The average Bonchev–Trinajstić information content (AvgIpc) is 2.89. The first-order valence-corrected chi connectivity index (χ1v) is 7.46. The van der Waals surface area contributed by atoms with E-state index in [2.05, 4.69) is 44.8 Å². The van der Waals surface area contributed by atoms with Crippen molar-refractivity contribution >= 4 is 15.9 Å². The number of hydrogen-bond acceptors (Lipinski definition) is 3. The van der Waals surface area contributed by atoms with Gasteiger partial charge in [0, 0.05) is 18.4 Å². The van der Waals surface area contributed by atoms with Crippen LogP contribution in [0.4, 0.5) is 0 Å². The van der Waals surface area contributed by atoms with Gasteiger partial charge in [0.15, 0.2) is 0 Å². The van der Waals surface area contributed by atoms with E-state index in [-0.39, 0.29) is 0 Å². The maximum atomic E-state index is 4.38. The second-order valence-electron chi connectivity index (χ2n) is 5.30. The molecule has 0 aromatic carbocycles. The summed E-state index contributed by atoms with van der Waals surface area (Å²) in [6, 6.07) is 0. The van der Waals surface area contributed by atoms with Crippen LogP contribution in [0.15, 0.2) is 6.33 Å². The lowest BCUT2D eigenvalue weighted by molar-refractivity contribution is 0.300. The summed E-state index contributed by atoms with van der Waals surface area (Å²) in [4.78, 5) is 6.86. The summed E-state index contributed by atoms with van der Waals surface area (Å²) in [6.07, 6.45) is 2.97. The summed E-state index contributed by atoms with van der Waals surface area (Å²) in [5.41, 5.74) is 0. The Balaban J connectivity index is 1.92. The largest absolute Gasteiger partial charge is 0.296 e. The Morgan fingerprint density at radius 2 is 2.35 bits per heavy atom. The molecule has 1 unspecified atom stereocenters. The number of alkyl halides is 1. The van der Waals surface area contributed by atoms with Gasteiger partial charge in [0.25, 0.3) is 0 Å². The van der Waals surface area contributed by atoms with Crippen molar-refractivity contribution in [1.29, 1.82) is 0 Å². The fourth-order valence-electron chi connectivity index (χ4n) is 2.29. The predicted octanol–water partition coefficient (Wildman–Crippen LogP) is 2.15. The number of nitrogens with zero attached hydrogens (tertiary/aromatic N) is 4. The molecule has 0 bridgehead atoms. The van der Waals surface area contributed by atoms with Crippen LogP contribution in [-0.4, -0.2) is 38.1 Å². The molecule has 2 rings (SSSR count). The van der Waals surface area contributed by atoms with Gasteiger partial charge in [-0.2, -0.15) is 5.10 Å². The third-order valence-corrected chi connectivity index (χ3v) is 4.10. The number of aromatic nitrogens is 3. The molecule has 1 atom stereocenters. The normalized spacial score (nSPS) is 21.5. The molecule has 1 fully saturated rings. The molecule has 0 aliphatic carbocycles. The van der Waals surface area contributed by atoms with E-state index in [1.165, 1.54) is 19.5 Å². The van der Waals surface area contributed by atoms with Gasteiger partial charge < -0.3 is 0 Å². The quantitative estimate of drug-likeness (QED) is 0.782. The summed E-state index contributed by atoms with van der Waals surface area (Å²) in [5.74, 6) is 2.52. The molecule has 0 N–H and O–H groups in total. The highest BCUT2D eigenvalue weighted by Gasteiger charge is 2.22. The van der Waals surface area contributed by atoms with Crippen LogP contribution in [0.3, 0.4) is 0 Å². The minimum absolute atomic E-state index is 0.615. The van der Waals surface area contributed by atoms with E-state index in [4.69, 9.17) is 0 Å². The first kappa shape index (κ1) is 13.0. The van der Waals surface area contributed by atoms with Crippen molar-refractivity contribution in [3.05, 3.63) is 12.2 Å². The van der Waals surface area contributed by atoms with Crippen molar-refractivity contribution in [1.82, 2.24) is 19.7 Å². The maximum absolute atomic E-state index is 4.38. The number of rotatable bonds is 5. The second-order valence-corrected chi connectivity index (χ2v) is 5.94. The highest BCUT2D eigenvalue weighted by atomic mass is 79.9. The zero-order valence-corrected chi connectivity index (χ0v) is 12.2. The van der Waals surface area contributed by atoms with Crippen LogP contribution < -0.4 is 0 Å². The molecule has 1 saturated heterocycles. The summed E-state index contributed by atoms with van der Waals surface area (Å²) in [7, 11) is 0. The van der Waals surface area contributed by atoms with Crippen LogP contribution in [0.25, 0.3) is 0 Å². The topological polar surface area (TPSA) is 34.0 Å². The van der Waals surface area contributed by atoms with Gasteiger partial charge in [-0.1, -0.05) is 29.8 Å². The van der Waals surface area contributed by atoms with Crippen molar-refractivity contribution in [2.75, 3.05) is 18.4 Å². The minimum atomic E-state index is 0.615. The zero-order chi connectivity index (χ0) is 12.3. The molecule has 4 nitrogen and oxygen atoms in total. The number of halogens is 1. The monoisotopic (exact) mass is 300 g/mol. The Hall–Kier alpha value is -0.420. The summed E-state index contributed by atoms with van der Waals surface area (Å²) < 4.78 is 2.05. The van der Waals surface area contributed by atoms with Crippen molar-refractivity contribution in [3.8, 4) is 0 Å². The van der Waals surface area contributed by atoms with Gasteiger partial charge in [-0.25, -0.2) is 9.67 Å². The molecule has 17 heavy (non-hydrogen) atoms. The van der Waals surface area contributed by atoms with E-state index in [9.17, 15) is 0 Å². The lowest BCUT2D eigenvalue weighted by atomic mass is 10.2. The molecule has 5 heteroatoms. The molecule has 0 amide bonds. The highest BCUT2D eigenvalue weighted by Crippen LogP contribution is 2.19. The van der Waals surface area contributed by atoms with Crippen LogP contribution >= 0.6 is 15.9 Å². The standard InChI is InChI=1S/C12H21BrN4/c1-10(2)6-17-12(14-9-15-17)8-16-4-3-11(5-13)7-16/h9-11H,3-8H2,1-2H3. The second kappa shape index (κ2) is 5.96.